The summed E-state index contributed by atoms with van der Waals surface area (Å²) in [6.45, 7) is 2.47. The van der Waals surface area contributed by atoms with E-state index in [1.54, 1.807) is 16.3 Å². The van der Waals surface area contributed by atoms with E-state index in [-0.39, 0.29) is 11.7 Å². The van der Waals surface area contributed by atoms with Gasteiger partial charge >= 0.3 is 5.69 Å². The van der Waals surface area contributed by atoms with Crippen molar-refractivity contribution in [3.8, 4) is 0 Å². The molecule has 72 valence electrons. The highest BCUT2D eigenvalue weighted by molar-refractivity contribution is 7.99. The quantitative estimate of drug-likeness (QED) is 0.722. The average molecular weight is 199 g/mol. The predicted octanol–water partition coefficient (Wildman–Crippen LogP) is 0.344. The lowest BCUT2D eigenvalue weighted by Gasteiger charge is -2.11. The van der Waals surface area contributed by atoms with Crippen molar-refractivity contribution in [1.82, 2.24) is 9.55 Å². The van der Waals surface area contributed by atoms with Gasteiger partial charge in [-0.2, -0.15) is 0 Å². The Morgan fingerprint density at radius 3 is 3.23 bits per heavy atom. The molecule has 1 aliphatic rings. The molecule has 4 nitrogen and oxygen atoms in total. The maximum Gasteiger partial charge on any atom is 0.326 e. The molecular weight excluding hydrogens is 186 g/mol. The summed E-state index contributed by atoms with van der Waals surface area (Å²) in [5.41, 5.74) is 6.60. The van der Waals surface area contributed by atoms with E-state index >= 15 is 0 Å². The van der Waals surface area contributed by atoms with Gasteiger partial charge in [0.1, 0.15) is 0 Å². The first-order valence-electron chi connectivity index (χ1n) is 4.40. The molecule has 0 saturated heterocycles. The van der Waals surface area contributed by atoms with Crippen molar-refractivity contribution >= 4 is 11.8 Å². The molecule has 3 N–H and O–H groups in total. The molecule has 1 aromatic heterocycles. The molecule has 0 amide bonds. The van der Waals surface area contributed by atoms with Crippen LogP contribution in [0.4, 0.5) is 0 Å². The van der Waals surface area contributed by atoms with Crippen molar-refractivity contribution in [2.45, 2.75) is 24.4 Å². The molecule has 0 bridgehead atoms. The first-order valence-corrected chi connectivity index (χ1v) is 5.39. The third-order valence-corrected chi connectivity index (χ3v) is 3.45. The number of nitrogens with two attached hydrogens (primary N) is 1. The number of aromatic amines is 1. The van der Waals surface area contributed by atoms with Crippen LogP contribution in [-0.4, -0.2) is 21.8 Å². The lowest BCUT2D eigenvalue weighted by Crippen LogP contribution is -2.26. The zero-order valence-corrected chi connectivity index (χ0v) is 8.36. The van der Waals surface area contributed by atoms with Crippen LogP contribution in [0.25, 0.3) is 0 Å². The van der Waals surface area contributed by atoms with Crippen LogP contribution in [0.1, 0.15) is 18.7 Å². The molecule has 13 heavy (non-hydrogen) atoms. The Balaban J connectivity index is 2.50. The number of nitrogens with one attached hydrogen (secondary N) is 1. The molecule has 2 heterocycles. The van der Waals surface area contributed by atoms with Crippen molar-refractivity contribution in [2.24, 2.45) is 5.73 Å². The maximum absolute atomic E-state index is 11.5. The van der Waals surface area contributed by atoms with Crippen molar-refractivity contribution in [2.75, 3.05) is 12.3 Å². The zero-order valence-electron chi connectivity index (χ0n) is 7.54. The van der Waals surface area contributed by atoms with Crippen molar-refractivity contribution in [1.29, 1.82) is 0 Å². The number of nitrogens with zero attached hydrogens (tertiary/aromatic N) is 1. The van der Waals surface area contributed by atoms with Gasteiger partial charge in [-0.05, 0) is 13.3 Å². The van der Waals surface area contributed by atoms with Gasteiger partial charge in [0.15, 0.2) is 0 Å². The van der Waals surface area contributed by atoms with Crippen LogP contribution in [-0.2, 0) is 6.42 Å². The number of aromatic nitrogens is 2. The van der Waals surface area contributed by atoms with Gasteiger partial charge in [0, 0.05) is 18.3 Å². The number of thioether (sulfide) groups is 1. The molecule has 1 unspecified atom stereocenters. The molecule has 2 rings (SSSR count). The highest BCUT2D eigenvalue weighted by Gasteiger charge is 2.21. The Kier molecular flexibility index (Phi) is 2.21. The summed E-state index contributed by atoms with van der Waals surface area (Å²) >= 11 is 1.74. The number of rotatable bonds is 2. The number of hydrogen-bond acceptors (Lipinski definition) is 3. The second kappa shape index (κ2) is 3.23. The van der Waals surface area contributed by atoms with Crippen LogP contribution in [0.15, 0.2) is 9.82 Å². The van der Waals surface area contributed by atoms with Gasteiger partial charge in [0.05, 0.1) is 10.7 Å². The molecule has 0 spiro atoms. The summed E-state index contributed by atoms with van der Waals surface area (Å²) in [7, 11) is 0. The summed E-state index contributed by atoms with van der Waals surface area (Å²) < 4.78 is 1.77. The lowest BCUT2D eigenvalue weighted by molar-refractivity contribution is 0.508. The standard InChI is InChI=1S/C8H13N3OS/c1-5(4-9)11-7-6(2-3-13-7)10-8(11)12/h5H,2-4,9H2,1H3,(H,10,12). The molecular formula is C8H13N3OS. The predicted molar refractivity (Wildman–Crippen MR) is 53.2 cm³/mol. The molecule has 0 radical (unpaired) electrons. The Labute approximate surface area is 80.5 Å². The van der Waals surface area contributed by atoms with Gasteiger partial charge in [-0.3, -0.25) is 4.57 Å². The van der Waals surface area contributed by atoms with Crippen LogP contribution in [0.3, 0.4) is 0 Å². The Morgan fingerprint density at radius 1 is 1.77 bits per heavy atom. The van der Waals surface area contributed by atoms with E-state index in [1.165, 1.54) is 0 Å². The maximum atomic E-state index is 11.5. The summed E-state index contributed by atoms with van der Waals surface area (Å²) in [6, 6.07) is 0.0955. The molecule has 0 aliphatic carbocycles. The van der Waals surface area contributed by atoms with E-state index in [4.69, 9.17) is 5.73 Å². The van der Waals surface area contributed by atoms with Gasteiger partial charge in [-0.25, -0.2) is 4.79 Å². The van der Waals surface area contributed by atoms with Crippen LogP contribution < -0.4 is 11.4 Å². The van der Waals surface area contributed by atoms with E-state index < -0.39 is 0 Å². The molecule has 0 aromatic carbocycles. The van der Waals surface area contributed by atoms with E-state index in [0.29, 0.717) is 6.54 Å². The lowest BCUT2D eigenvalue weighted by atomic mass is 10.3. The van der Waals surface area contributed by atoms with Crippen molar-refractivity contribution < 1.29 is 0 Å². The number of imidazole rings is 1. The van der Waals surface area contributed by atoms with Crippen LogP contribution >= 0.6 is 11.8 Å². The normalized spacial score (nSPS) is 17.4. The minimum atomic E-state index is -0.0184. The van der Waals surface area contributed by atoms with Gasteiger partial charge in [0.2, 0.25) is 0 Å². The van der Waals surface area contributed by atoms with E-state index in [9.17, 15) is 4.79 Å². The summed E-state index contributed by atoms with van der Waals surface area (Å²) in [5, 5.41) is 1.09. The van der Waals surface area contributed by atoms with Crippen molar-refractivity contribution in [3.05, 3.63) is 16.2 Å². The Morgan fingerprint density at radius 2 is 2.54 bits per heavy atom. The topological polar surface area (TPSA) is 63.8 Å². The van der Waals surface area contributed by atoms with Crippen LogP contribution in [0, 0.1) is 0 Å². The zero-order chi connectivity index (χ0) is 9.42. The molecule has 5 heteroatoms. The van der Waals surface area contributed by atoms with Gasteiger partial charge in [-0.1, -0.05) is 0 Å². The van der Waals surface area contributed by atoms with E-state index in [1.807, 2.05) is 6.92 Å². The minimum absolute atomic E-state index is 0.0184. The Bertz CT molecular complexity index is 368. The molecule has 0 saturated carbocycles. The summed E-state index contributed by atoms with van der Waals surface area (Å²) in [6.07, 6.45) is 0.972. The minimum Gasteiger partial charge on any atom is -0.328 e. The molecule has 1 aromatic rings. The number of aryl methyl sites for hydroxylation is 1. The van der Waals surface area contributed by atoms with Gasteiger partial charge in [-0.15, -0.1) is 11.8 Å². The van der Waals surface area contributed by atoms with E-state index in [0.717, 1.165) is 22.9 Å². The van der Waals surface area contributed by atoms with Gasteiger partial charge < -0.3 is 10.7 Å². The Hall–Kier alpha value is -0.680. The molecule has 1 atom stereocenters. The molecule has 1 aliphatic heterocycles. The fourth-order valence-corrected chi connectivity index (χ4v) is 2.79. The fourth-order valence-electron chi connectivity index (χ4n) is 1.56. The monoisotopic (exact) mass is 199 g/mol. The number of hydrogen-bond donors (Lipinski definition) is 2. The SMILES string of the molecule is CC(CN)n1c2c([nH]c1=O)CCS2. The first kappa shape index (κ1) is 8.90. The smallest absolute Gasteiger partial charge is 0.326 e. The first-order chi connectivity index (χ1) is 6.24. The average Bonchev–Trinajstić information content (AvgIpc) is 2.62. The van der Waals surface area contributed by atoms with Crippen LogP contribution in [0.5, 0.6) is 0 Å². The van der Waals surface area contributed by atoms with Crippen molar-refractivity contribution in [3.63, 3.8) is 0 Å². The van der Waals surface area contributed by atoms with Gasteiger partial charge in [0.25, 0.3) is 0 Å². The highest BCUT2D eigenvalue weighted by Crippen LogP contribution is 2.30. The van der Waals surface area contributed by atoms with Crippen LogP contribution in [0.2, 0.25) is 0 Å². The summed E-state index contributed by atoms with van der Waals surface area (Å²) in [5.74, 6) is 1.07. The molecule has 0 fully saturated rings. The second-order valence-corrected chi connectivity index (χ2v) is 4.35. The van der Waals surface area contributed by atoms with E-state index in [2.05, 4.69) is 4.98 Å². The fraction of sp³-hybridized carbons (Fsp3) is 0.625. The number of H-pyrrole nitrogens is 1. The summed E-state index contributed by atoms with van der Waals surface area (Å²) in [4.78, 5) is 14.4. The number of fused-ring (bicyclic) bond motifs is 1. The largest absolute Gasteiger partial charge is 0.328 e. The third kappa shape index (κ3) is 1.32. The second-order valence-electron chi connectivity index (χ2n) is 3.27. The highest BCUT2D eigenvalue weighted by atomic mass is 32.2. The third-order valence-electron chi connectivity index (χ3n) is 2.33.